The lowest BCUT2D eigenvalue weighted by atomic mass is 10.2. The Morgan fingerprint density at radius 3 is 2.72 bits per heavy atom. The number of aryl methyl sites for hydroxylation is 1. The maximum Gasteiger partial charge on any atom is 0.286 e. The normalized spacial score (nSPS) is 10.4. The largest absolute Gasteiger partial charge is 0.357 e. The fourth-order valence-electron chi connectivity index (χ4n) is 2.04. The molecule has 3 aromatic rings. The summed E-state index contributed by atoms with van der Waals surface area (Å²) in [5.41, 5.74) is 7.14. The van der Waals surface area contributed by atoms with Crippen LogP contribution in [0, 0.1) is 6.92 Å². The lowest BCUT2D eigenvalue weighted by Gasteiger charge is -2.08. The van der Waals surface area contributed by atoms with E-state index in [4.69, 9.17) is 0 Å². The highest BCUT2D eigenvalue weighted by Gasteiger charge is 2.11. The highest BCUT2D eigenvalue weighted by Crippen LogP contribution is 2.19. The van der Waals surface area contributed by atoms with Crippen LogP contribution in [0.1, 0.15) is 16.1 Å². The third-order valence-electron chi connectivity index (χ3n) is 3.32. The van der Waals surface area contributed by atoms with Gasteiger partial charge in [0.05, 0.1) is 5.75 Å². The number of aromatic nitrogens is 4. The van der Waals surface area contributed by atoms with E-state index in [1.54, 1.807) is 29.2 Å². The SMILES string of the molecule is Cc1ccc(-n2cnnc2SCC(=O)NNC(=O)c2ccc[nH]2)cc1. The average Bonchev–Trinajstić information content (AvgIpc) is 3.30. The van der Waals surface area contributed by atoms with Gasteiger partial charge in [0, 0.05) is 11.9 Å². The summed E-state index contributed by atoms with van der Waals surface area (Å²) in [5.74, 6) is -0.662. The maximum absolute atomic E-state index is 11.9. The summed E-state index contributed by atoms with van der Waals surface area (Å²) in [6.45, 7) is 2.01. The Bertz CT molecular complexity index is 857. The van der Waals surface area contributed by atoms with E-state index in [0.29, 0.717) is 10.9 Å². The van der Waals surface area contributed by atoms with Gasteiger partial charge in [-0.3, -0.25) is 25.0 Å². The molecule has 2 heterocycles. The molecule has 0 aliphatic rings. The molecule has 0 radical (unpaired) electrons. The van der Waals surface area contributed by atoms with Crippen molar-refractivity contribution in [2.24, 2.45) is 0 Å². The van der Waals surface area contributed by atoms with Crippen LogP contribution in [-0.2, 0) is 4.79 Å². The predicted octanol–water partition coefficient (Wildman–Crippen LogP) is 1.46. The van der Waals surface area contributed by atoms with Crippen LogP contribution in [0.2, 0.25) is 0 Å². The van der Waals surface area contributed by atoms with Gasteiger partial charge in [0.15, 0.2) is 5.16 Å². The number of nitrogens with one attached hydrogen (secondary N) is 3. The van der Waals surface area contributed by atoms with Gasteiger partial charge in [-0.15, -0.1) is 10.2 Å². The molecule has 8 nitrogen and oxygen atoms in total. The van der Waals surface area contributed by atoms with Crippen molar-refractivity contribution in [2.45, 2.75) is 12.1 Å². The van der Waals surface area contributed by atoms with E-state index < -0.39 is 5.91 Å². The number of aromatic amines is 1. The molecule has 0 atom stereocenters. The van der Waals surface area contributed by atoms with E-state index in [0.717, 1.165) is 11.3 Å². The van der Waals surface area contributed by atoms with Crippen molar-refractivity contribution < 1.29 is 9.59 Å². The first kappa shape index (κ1) is 16.8. The van der Waals surface area contributed by atoms with Crippen LogP contribution in [-0.4, -0.2) is 37.3 Å². The molecule has 0 fully saturated rings. The molecule has 1 aromatic carbocycles. The Hall–Kier alpha value is -3.07. The van der Waals surface area contributed by atoms with Crippen LogP contribution in [0.5, 0.6) is 0 Å². The van der Waals surface area contributed by atoms with Gasteiger partial charge >= 0.3 is 0 Å². The fraction of sp³-hybridized carbons (Fsp3) is 0.125. The quantitative estimate of drug-likeness (QED) is 0.474. The maximum atomic E-state index is 11.9. The number of carbonyl (C=O) groups excluding carboxylic acids is 2. The Kier molecular flexibility index (Phi) is 5.14. The number of amides is 2. The minimum Gasteiger partial charge on any atom is -0.357 e. The number of hydrazine groups is 1. The van der Waals surface area contributed by atoms with E-state index in [-0.39, 0.29) is 11.7 Å². The van der Waals surface area contributed by atoms with Crippen LogP contribution in [0.3, 0.4) is 0 Å². The summed E-state index contributed by atoms with van der Waals surface area (Å²) in [6.07, 6.45) is 3.22. The van der Waals surface area contributed by atoms with E-state index >= 15 is 0 Å². The summed E-state index contributed by atoms with van der Waals surface area (Å²) in [5, 5.41) is 8.51. The van der Waals surface area contributed by atoms with Crippen molar-refractivity contribution in [3.05, 3.63) is 60.2 Å². The van der Waals surface area contributed by atoms with E-state index in [1.165, 1.54) is 11.8 Å². The first-order chi connectivity index (χ1) is 12.1. The lowest BCUT2D eigenvalue weighted by Crippen LogP contribution is -2.42. The molecule has 0 saturated heterocycles. The number of nitrogens with zero attached hydrogens (tertiary/aromatic N) is 3. The van der Waals surface area contributed by atoms with Gasteiger partial charge in [0.2, 0.25) is 5.91 Å². The summed E-state index contributed by atoms with van der Waals surface area (Å²) >= 11 is 1.23. The van der Waals surface area contributed by atoms with Gasteiger partial charge in [0.25, 0.3) is 5.91 Å². The number of benzene rings is 1. The zero-order valence-corrected chi connectivity index (χ0v) is 14.2. The van der Waals surface area contributed by atoms with Gasteiger partial charge < -0.3 is 4.98 Å². The van der Waals surface area contributed by atoms with Crippen LogP contribution in [0.4, 0.5) is 0 Å². The summed E-state index contributed by atoms with van der Waals surface area (Å²) in [4.78, 5) is 26.4. The lowest BCUT2D eigenvalue weighted by molar-refractivity contribution is -0.119. The average molecular weight is 356 g/mol. The van der Waals surface area contributed by atoms with Gasteiger partial charge in [-0.05, 0) is 31.2 Å². The molecule has 2 aromatic heterocycles. The Morgan fingerprint density at radius 2 is 2.00 bits per heavy atom. The van der Waals surface area contributed by atoms with E-state index in [1.807, 2.05) is 31.2 Å². The number of hydrogen-bond acceptors (Lipinski definition) is 5. The molecule has 0 spiro atoms. The number of thioether (sulfide) groups is 1. The predicted molar refractivity (Wildman–Crippen MR) is 93.2 cm³/mol. The minimum absolute atomic E-state index is 0.0928. The molecule has 0 aliphatic heterocycles. The van der Waals surface area contributed by atoms with Crippen LogP contribution in [0.15, 0.2) is 54.1 Å². The topological polar surface area (TPSA) is 105 Å². The molecule has 2 amide bonds. The number of hydrogen-bond donors (Lipinski definition) is 3. The first-order valence-corrected chi connectivity index (χ1v) is 8.44. The molecular formula is C16H16N6O2S. The highest BCUT2D eigenvalue weighted by molar-refractivity contribution is 7.99. The molecule has 25 heavy (non-hydrogen) atoms. The van der Waals surface area contributed by atoms with Gasteiger partial charge in [-0.25, -0.2) is 0 Å². The van der Waals surface area contributed by atoms with Crippen molar-refractivity contribution in [1.29, 1.82) is 0 Å². The van der Waals surface area contributed by atoms with Gasteiger partial charge in [-0.2, -0.15) is 0 Å². The van der Waals surface area contributed by atoms with Gasteiger partial charge in [-0.1, -0.05) is 29.5 Å². The monoisotopic (exact) mass is 356 g/mol. The zero-order chi connectivity index (χ0) is 17.6. The summed E-state index contributed by atoms with van der Waals surface area (Å²) in [7, 11) is 0. The zero-order valence-electron chi connectivity index (χ0n) is 13.4. The molecule has 0 unspecified atom stereocenters. The summed E-state index contributed by atoms with van der Waals surface area (Å²) < 4.78 is 1.80. The van der Waals surface area contributed by atoms with Crippen molar-refractivity contribution in [1.82, 2.24) is 30.6 Å². The minimum atomic E-state index is -0.411. The molecule has 128 valence electrons. The molecule has 0 bridgehead atoms. The standard InChI is InChI=1S/C16H16N6O2S/c1-11-4-6-12(7-5-11)22-10-18-21-16(22)25-9-14(23)19-20-15(24)13-3-2-8-17-13/h2-8,10,17H,9H2,1H3,(H,19,23)(H,20,24). The van der Waals surface area contributed by atoms with E-state index in [9.17, 15) is 9.59 Å². The fourth-order valence-corrected chi connectivity index (χ4v) is 2.77. The van der Waals surface area contributed by atoms with Crippen molar-refractivity contribution in [3.8, 4) is 5.69 Å². The summed E-state index contributed by atoms with van der Waals surface area (Å²) in [6, 6.07) is 11.2. The Morgan fingerprint density at radius 1 is 1.20 bits per heavy atom. The third kappa shape index (κ3) is 4.27. The second kappa shape index (κ2) is 7.67. The second-order valence-corrected chi connectivity index (χ2v) is 6.14. The Labute approximate surface area is 148 Å². The smallest absolute Gasteiger partial charge is 0.286 e. The second-order valence-electron chi connectivity index (χ2n) is 5.19. The first-order valence-electron chi connectivity index (χ1n) is 7.46. The molecule has 0 saturated carbocycles. The Balaban J connectivity index is 1.54. The molecule has 3 N–H and O–H groups in total. The molecule has 0 aliphatic carbocycles. The van der Waals surface area contributed by atoms with E-state index in [2.05, 4.69) is 26.0 Å². The van der Waals surface area contributed by atoms with Crippen LogP contribution < -0.4 is 10.9 Å². The molecule has 3 rings (SSSR count). The van der Waals surface area contributed by atoms with Crippen molar-refractivity contribution in [2.75, 3.05) is 5.75 Å². The van der Waals surface area contributed by atoms with Gasteiger partial charge in [0.1, 0.15) is 12.0 Å². The van der Waals surface area contributed by atoms with Crippen LogP contribution >= 0.6 is 11.8 Å². The number of carbonyl (C=O) groups is 2. The molecular weight excluding hydrogens is 340 g/mol. The van der Waals surface area contributed by atoms with Crippen molar-refractivity contribution in [3.63, 3.8) is 0 Å². The number of rotatable bonds is 5. The van der Waals surface area contributed by atoms with Crippen molar-refractivity contribution >= 4 is 23.6 Å². The third-order valence-corrected chi connectivity index (χ3v) is 4.26. The highest BCUT2D eigenvalue weighted by atomic mass is 32.2. The molecule has 9 heteroatoms. The number of H-pyrrole nitrogens is 1. The van der Waals surface area contributed by atoms with Crippen LogP contribution in [0.25, 0.3) is 5.69 Å².